The minimum Gasteiger partial charge on any atom is -0.497 e. The first-order valence-electron chi connectivity index (χ1n) is 12.2. The van der Waals surface area contributed by atoms with Gasteiger partial charge in [0.15, 0.2) is 4.80 Å². The number of carbonyl (C=O) groups excluding carboxylic acids is 1. The van der Waals surface area contributed by atoms with Crippen LogP contribution >= 0.6 is 34.5 Å². The molecule has 0 radical (unpaired) electrons. The van der Waals surface area contributed by atoms with E-state index in [1.807, 2.05) is 0 Å². The summed E-state index contributed by atoms with van der Waals surface area (Å²) >= 11 is 13.7. The molecular formula is C29H24Cl2N2O6S. The summed E-state index contributed by atoms with van der Waals surface area (Å²) < 4.78 is 24.2. The van der Waals surface area contributed by atoms with Gasteiger partial charge in [0.05, 0.1) is 41.7 Å². The predicted octanol–water partition coefficient (Wildman–Crippen LogP) is 5.38. The first-order valence-corrected chi connectivity index (χ1v) is 13.8. The molecule has 0 bridgehead atoms. The van der Waals surface area contributed by atoms with Gasteiger partial charge in [0.2, 0.25) is 0 Å². The Morgan fingerprint density at radius 3 is 2.65 bits per heavy atom. The molecule has 0 fully saturated rings. The third kappa shape index (κ3) is 5.08. The van der Waals surface area contributed by atoms with Crippen molar-refractivity contribution in [2.24, 2.45) is 4.99 Å². The third-order valence-corrected chi connectivity index (χ3v) is 7.89. The smallest absolute Gasteiger partial charge is 0.338 e. The molecule has 3 heterocycles. The molecule has 1 aliphatic rings. The van der Waals surface area contributed by atoms with E-state index in [-0.39, 0.29) is 17.7 Å². The van der Waals surface area contributed by atoms with Gasteiger partial charge in [0, 0.05) is 28.3 Å². The molecule has 5 rings (SSSR count). The highest BCUT2D eigenvalue weighted by Gasteiger charge is 2.35. The highest BCUT2D eigenvalue weighted by Crippen LogP contribution is 2.38. The number of furan rings is 1. The second-order valence-electron chi connectivity index (χ2n) is 8.74. The highest BCUT2D eigenvalue weighted by atomic mass is 35.5. The summed E-state index contributed by atoms with van der Waals surface area (Å²) in [5.41, 5.74) is 1.57. The van der Waals surface area contributed by atoms with Crippen LogP contribution < -0.4 is 24.4 Å². The fraction of sp³-hybridized carbons (Fsp3) is 0.207. The number of hydrogen-bond donors (Lipinski definition) is 0. The van der Waals surface area contributed by atoms with Gasteiger partial charge in [0.1, 0.15) is 29.1 Å². The molecule has 8 nitrogen and oxygen atoms in total. The van der Waals surface area contributed by atoms with Gasteiger partial charge in [-0.05, 0) is 56.3 Å². The van der Waals surface area contributed by atoms with Gasteiger partial charge < -0.3 is 18.6 Å². The Kier molecular flexibility index (Phi) is 7.89. The first kappa shape index (κ1) is 27.8. The number of carbonyl (C=O) groups is 1. The topological polar surface area (TPSA) is 92.3 Å². The molecule has 206 valence electrons. The Balaban J connectivity index is 1.68. The van der Waals surface area contributed by atoms with Crippen molar-refractivity contribution in [3.8, 4) is 22.8 Å². The fourth-order valence-corrected chi connectivity index (χ4v) is 5.93. The van der Waals surface area contributed by atoms with Crippen molar-refractivity contribution in [2.75, 3.05) is 20.8 Å². The molecule has 0 spiro atoms. The van der Waals surface area contributed by atoms with Crippen molar-refractivity contribution in [2.45, 2.75) is 19.9 Å². The van der Waals surface area contributed by atoms with E-state index in [1.54, 1.807) is 75.6 Å². The lowest BCUT2D eigenvalue weighted by Gasteiger charge is -2.26. The second-order valence-corrected chi connectivity index (χ2v) is 10.6. The van der Waals surface area contributed by atoms with E-state index >= 15 is 0 Å². The molecule has 40 heavy (non-hydrogen) atoms. The van der Waals surface area contributed by atoms with Crippen LogP contribution in [0.4, 0.5) is 0 Å². The Labute approximate surface area is 243 Å². The predicted molar refractivity (Wildman–Crippen MR) is 154 cm³/mol. The lowest BCUT2D eigenvalue weighted by Crippen LogP contribution is -2.40. The maximum Gasteiger partial charge on any atom is 0.338 e. The summed E-state index contributed by atoms with van der Waals surface area (Å²) in [6.07, 6.45) is 1.64. The quantitative estimate of drug-likeness (QED) is 0.265. The molecule has 0 saturated carbocycles. The van der Waals surface area contributed by atoms with E-state index in [4.69, 9.17) is 41.8 Å². The van der Waals surface area contributed by atoms with Crippen LogP contribution in [0.5, 0.6) is 11.5 Å². The van der Waals surface area contributed by atoms with Crippen molar-refractivity contribution >= 4 is 46.6 Å². The number of thiazole rings is 1. The molecule has 0 aliphatic carbocycles. The number of halogens is 2. The number of methoxy groups -OCH3 is 2. The maximum absolute atomic E-state index is 13.9. The zero-order valence-corrected chi connectivity index (χ0v) is 24.3. The number of rotatable bonds is 7. The van der Waals surface area contributed by atoms with E-state index in [2.05, 4.69) is 4.99 Å². The minimum atomic E-state index is -0.837. The number of aromatic nitrogens is 1. The number of fused-ring (bicyclic) bond motifs is 1. The van der Waals surface area contributed by atoms with Crippen LogP contribution in [-0.2, 0) is 9.53 Å². The van der Waals surface area contributed by atoms with Crippen LogP contribution in [0.1, 0.15) is 31.2 Å². The average Bonchev–Trinajstić information content (AvgIpc) is 3.53. The molecule has 1 atom stereocenters. The molecule has 0 N–H and O–H groups in total. The van der Waals surface area contributed by atoms with Crippen LogP contribution in [0.25, 0.3) is 17.4 Å². The van der Waals surface area contributed by atoms with Crippen molar-refractivity contribution in [1.29, 1.82) is 0 Å². The molecule has 11 heteroatoms. The summed E-state index contributed by atoms with van der Waals surface area (Å²) in [4.78, 5) is 32.1. The summed E-state index contributed by atoms with van der Waals surface area (Å²) in [5, 5.41) is 1.01. The SMILES string of the molecule is CCOC(=O)C1=C(C)N=c2s/c(=C\c3ccc(-c4cc(Cl)ccc4Cl)o3)c(=O)n2C1c1ccc(OC)cc1OC. The van der Waals surface area contributed by atoms with Crippen LogP contribution in [0.15, 0.2) is 74.0 Å². The lowest BCUT2D eigenvalue weighted by atomic mass is 9.95. The summed E-state index contributed by atoms with van der Waals surface area (Å²) in [7, 11) is 3.06. The van der Waals surface area contributed by atoms with Gasteiger partial charge >= 0.3 is 5.97 Å². The number of hydrogen-bond acceptors (Lipinski definition) is 8. The number of ether oxygens (including phenoxy) is 3. The molecule has 2 aromatic carbocycles. The molecule has 1 unspecified atom stereocenters. The van der Waals surface area contributed by atoms with E-state index in [9.17, 15) is 9.59 Å². The monoisotopic (exact) mass is 598 g/mol. The molecule has 0 amide bonds. The summed E-state index contributed by atoms with van der Waals surface area (Å²) in [6.45, 7) is 3.62. The normalized spacial score (nSPS) is 15.1. The van der Waals surface area contributed by atoms with E-state index in [0.717, 1.165) is 0 Å². The zero-order chi connectivity index (χ0) is 28.6. The Bertz CT molecular complexity index is 1840. The van der Waals surface area contributed by atoms with E-state index in [0.29, 0.717) is 59.2 Å². The second kappa shape index (κ2) is 11.4. The molecule has 1 aliphatic heterocycles. The fourth-order valence-electron chi connectivity index (χ4n) is 4.52. The van der Waals surface area contributed by atoms with Crippen LogP contribution in [-0.4, -0.2) is 31.4 Å². The van der Waals surface area contributed by atoms with Crippen LogP contribution in [0.2, 0.25) is 10.0 Å². The number of benzene rings is 2. The Morgan fingerprint density at radius 2 is 1.93 bits per heavy atom. The van der Waals surface area contributed by atoms with Crippen molar-refractivity contribution in [3.05, 3.63) is 101 Å². The zero-order valence-electron chi connectivity index (χ0n) is 22.0. The van der Waals surface area contributed by atoms with E-state index in [1.165, 1.54) is 23.0 Å². The van der Waals surface area contributed by atoms with Gasteiger partial charge in [-0.1, -0.05) is 34.5 Å². The van der Waals surface area contributed by atoms with Gasteiger partial charge in [-0.3, -0.25) is 9.36 Å². The average molecular weight is 599 g/mol. The van der Waals surface area contributed by atoms with Crippen LogP contribution in [0.3, 0.4) is 0 Å². The van der Waals surface area contributed by atoms with Crippen molar-refractivity contribution < 1.29 is 23.4 Å². The Morgan fingerprint density at radius 1 is 1.12 bits per heavy atom. The standard InChI is InChI=1S/C29H24Cl2N2O6S/c1-5-38-28(35)25-15(2)32-29-33(26(25)19-9-7-17(36-3)13-23(19)37-4)27(34)24(40-29)14-18-8-11-22(39-18)20-12-16(30)6-10-21(20)31/h6-14,26H,5H2,1-4H3/b24-14-. The first-order chi connectivity index (χ1) is 19.2. The third-order valence-electron chi connectivity index (χ3n) is 6.35. The maximum atomic E-state index is 13.9. The largest absolute Gasteiger partial charge is 0.497 e. The molecule has 4 aromatic rings. The lowest BCUT2D eigenvalue weighted by molar-refractivity contribution is -0.139. The molecule has 2 aromatic heterocycles. The van der Waals surface area contributed by atoms with Gasteiger partial charge in [0.25, 0.3) is 5.56 Å². The number of allylic oxidation sites excluding steroid dienone is 1. The minimum absolute atomic E-state index is 0.171. The summed E-state index contributed by atoms with van der Waals surface area (Å²) in [5.74, 6) is 1.41. The van der Waals surface area contributed by atoms with Crippen LogP contribution in [0, 0.1) is 0 Å². The number of nitrogens with zero attached hydrogens (tertiary/aromatic N) is 2. The summed E-state index contributed by atoms with van der Waals surface area (Å²) in [6, 6.07) is 13.0. The van der Waals surface area contributed by atoms with Crippen molar-refractivity contribution in [1.82, 2.24) is 4.57 Å². The van der Waals surface area contributed by atoms with Gasteiger partial charge in [-0.15, -0.1) is 0 Å². The molecular weight excluding hydrogens is 575 g/mol. The van der Waals surface area contributed by atoms with Gasteiger partial charge in [-0.2, -0.15) is 0 Å². The van der Waals surface area contributed by atoms with E-state index < -0.39 is 12.0 Å². The van der Waals surface area contributed by atoms with Gasteiger partial charge in [-0.25, -0.2) is 9.79 Å². The number of esters is 1. The van der Waals surface area contributed by atoms with Crippen molar-refractivity contribution in [3.63, 3.8) is 0 Å². The molecule has 0 saturated heterocycles. The highest BCUT2D eigenvalue weighted by molar-refractivity contribution is 7.07. The Hall–Kier alpha value is -3.79.